The molecule has 0 aliphatic carbocycles. The molecule has 0 aromatic carbocycles. The van der Waals surface area contributed by atoms with E-state index in [1.807, 2.05) is 13.8 Å². The Balaban J connectivity index is 2.15. The number of rotatable bonds is 5. The highest BCUT2D eigenvalue weighted by atomic mass is 32.2. The molecule has 7 nitrogen and oxygen atoms in total. The standard InChI is InChI=1S/C11H14N6OS/c1-3-4-18-9-15-8(12)16-11(17-9)19-10-13-5-7(2)6-14-10/h5-6H,3-4H2,1-2H3,(H2,12,15,16,17). The molecule has 2 N–H and O–H groups in total. The molecule has 0 bridgehead atoms. The number of nitrogen functional groups attached to an aromatic ring is 1. The van der Waals surface area contributed by atoms with Gasteiger partial charge in [-0.05, 0) is 30.7 Å². The summed E-state index contributed by atoms with van der Waals surface area (Å²) in [6.07, 6.45) is 4.33. The Morgan fingerprint density at radius 2 is 1.89 bits per heavy atom. The van der Waals surface area contributed by atoms with Crippen molar-refractivity contribution in [3.63, 3.8) is 0 Å². The third-order valence-corrected chi connectivity index (χ3v) is 2.75. The molecular formula is C11H14N6OS. The van der Waals surface area contributed by atoms with Gasteiger partial charge in [0, 0.05) is 12.4 Å². The van der Waals surface area contributed by atoms with E-state index in [1.54, 1.807) is 12.4 Å². The van der Waals surface area contributed by atoms with Crippen LogP contribution in [0.5, 0.6) is 6.01 Å². The second-order valence-electron chi connectivity index (χ2n) is 3.75. The first-order chi connectivity index (χ1) is 9.17. The molecule has 2 heterocycles. The average molecular weight is 278 g/mol. The Morgan fingerprint density at radius 1 is 1.16 bits per heavy atom. The Bertz CT molecular complexity index is 547. The Labute approximate surface area is 115 Å². The topological polar surface area (TPSA) is 99.7 Å². The second-order valence-corrected chi connectivity index (χ2v) is 4.69. The molecule has 8 heteroatoms. The van der Waals surface area contributed by atoms with Gasteiger partial charge in [0.05, 0.1) is 6.61 Å². The van der Waals surface area contributed by atoms with Crippen LogP contribution < -0.4 is 10.5 Å². The fourth-order valence-electron chi connectivity index (χ4n) is 1.17. The highest BCUT2D eigenvalue weighted by Crippen LogP contribution is 2.22. The summed E-state index contributed by atoms with van der Waals surface area (Å²) in [5.41, 5.74) is 6.60. The highest BCUT2D eigenvalue weighted by molar-refractivity contribution is 7.99. The summed E-state index contributed by atoms with van der Waals surface area (Å²) < 4.78 is 5.34. The van der Waals surface area contributed by atoms with Gasteiger partial charge in [0.2, 0.25) is 11.1 Å². The van der Waals surface area contributed by atoms with E-state index in [0.29, 0.717) is 16.9 Å². The van der Waals surface area contributed by atoms with E-state index in [-0.39, 0.29) is 12.0 Å². The van der Waals surface area contributed by atoms with Gasteiger partial charge in [-0.1, -0.05) is 6.92 Å². The summed E-state index contributed by atoms with van der Waals surface area (Å²) in [5, 5.41) is 0.972. The number of ether oxygens (including phenoxy) is 1. The molecule has 19 heavy (non-hydrogen) atoms. The van der Waals surface area contributed by atoms with E-state index < -0.39 is 0 Å². The maximum atomic E-state index is 5.61. The van der Waals surface area contributed by atoms with Gasteiger partial charge in [0.1, 0.15) is 0 Å². The molecular weight excluding hydrogens is 264 g/mol. The largest absolute Gasteiger partial charge is 0.463 e. The molecule has 2 aromatic heterocycles. The van der Waals surface area contributed by atoms with Crippen molar-refractivity contribution in [2.75, 3.05) is 12.3 Å². The zero-order valence-electron chi connectivity index (χ0n) is 10.7. The fourth-order valence-corrected chi connectivity index (χ4v) is 1.81. The average Bonchev–Trinajstić information content (AvgIpc) is 2.38. The van der Waals surface area contributed by atoms with Crippen molar-refractivity contribution in [2.24, 2.45) is 0 Å². The number of nitrogens with two attached hydrogens (primary N) is 1. The van der Waals surface area contributed by atoms with E-state index in [2.05, 4.69) is 24.9 Å². The SMILES string of the molecule is CCCOc1nc(N)nc(Sc2ncc(C)cn2)n1. The summed E-state index contributed by atoms with van der Waals surface area (Å²) in [6.45, 7) is 4.46. The van der Waals surface area contributed by atoms with Crippen LogP contribution in [-0.4, -0.2) is 31.5 Å². The molecule has 0 radical (unpaired) electrons. The van der Waals surface area contributed by atoms with Crippen LogP contribution in [0.2, 0.25) is 0 Å². The molecule has 2 rings (SSSR count). The van der Waals surface area contributed by atoms with Crippen LogP contribution in [0.15, 0.2) is 22.7 Å². The summed E-state index contributed by atoms with van der Waals surface area (Å²) in [6, 6.07) is 0.226. The molecule has 100 valence electrons. The lowest BCUT2D eigenvalue weighted by molar-refractivity contribution is 0.288. The molecule has 2 aromatic rings. The number of aromatic nitrogens is 5. The molecule has 0 fully saturated rings. The van der Waals surface area contributed by atoms with Crippen LogP contribution in [0, 0.1) is 6.92 Å². The third kappa shape index (κ3) is 4.02. The first kappa shape index (κ1) is 13.5. The lowest BCUT2D eigenvalue weighted by Gasteiger charge is -2.04. The lowest BCUT2D eigenvalue weighted by Crippen LogP contribution is -2.05. The van der Waals surface area contributed by atoms with Crippen molar-refractivity contribution < 1.29 is 4.74 Å². The molecule has 0 aliphatic rings. The molecule has 0 aliphatic heterocycles. The first-order valence-corrected chi connectivity index (χ1v) is 6.60. The van der Waals surface area contributed by atoms with Crippen LogP contribution in [0.1, 0.15) is 18.9 Å². The van der Waals surface area contributed by atoms with Crippen molar-refractivity contribution in [1.29, 1.82) is 0 Å². The van der Waals surface area contributed by atoms with Gasteiger partial charge in [-0.3, -0.25) is 0 Å². The van der Waals surface area contributed by atoms with Gasteiger partial charge >= 0.3 is 6.01 Å². The number of hydrogen-bond acceptors (Lipinski definition) is 8. The number of hydrogen-bond donors (Lipinski definition) is 1. The van der Waals surface area contributed by atoms with E-state index in [4.69, 9.17) is 10.5 Å². The Morgan fingerprint density at radius 3 is 2.58 bits per heavy atom. The van der Waals surface area contributed by atoms with Gasteiger partial charge in [-0.2, -0.15) is 15.0 Å². The zero-order chi connectivity index (χ0) is 13.7. The molecule has 0 saturated carbocycles. The summed E-state index contributed by atoms with van der Waals surface area (Å²) in [7, 11) is 0. The van der Waals surface area contributed by atoms with Crippen LogP contribution >= 0.6 is 11.8 Å². The predicted octanol–water partition coefficient (Wildman–Crippen LogP) is 1.49. The lowest BCUT2D eigenvalue weighted by atomic mass is 10.4. The van der Waals surface area contributed by atoms with E-state index in [0.717, 1.165) is 12.0 Å². The van der Waals surface area contributed by atoms with Gasteiger partial charge in [-0.25, -0.2) is 9.97 Å². The molecule has 0 unspecified atom stereocenters. The van der Waals surface area contributed by atoms with Crippen LogP contribution in [0.25, 0.3) is 0 Å². The minimum atomic E-state index is 0.121. The predicted molar refractivity (Wildman–Crippen MR) is 70.9 cm³/mol. The zero-order valence-corrected chi connectivity index (χ0v) is 11.5. The first-order valence-electron chi connectivity index (χ1n) is 5.78. The van der Waals surface area contributed by atoms with Crippen molar-refractivity contribution in [2.45, 2.75) is 30.6 Å². The van der Waals surface area contributed by atoms with E-state index in [9.17, 15) is 0 Å². The second kappa shape index (κ2) is 6.28. The molecule has 0 saturated heterocycles. The van der Waals surface area contributed by atoms with Crippen molar-refractivity contribution in [1.82, 2.24) is 24.9 Å². The number of aryl methyl sites for hydroxylation is 1. The minimum Gasteiger partial charge on any atom is -0.463 e. The van der Waals surface area contributed by atoms with Crippen LogP contribution in [0.4, 0.5) is 5.95 Å². The Kier molecular flexibility index (Phi) is 4.45. The van der Waals surface area contributed by atoms with Crippen molar-refractivity contribution in [3.05, 3.63) is 18.0 Å². The molecule has 0 atom stereocenters. The van der Waals surface area contributed by atoms with Gasteiger partial charge in [0.25, 0.3) is 0 Å². The summed E-state index contributed by atoms with van der Waals surface area (Å²) >= 11 is 1.21. The minimum absolute atomic E-state index is 0.121. The quantitative estimate of drug-likeness (QED) is 0.821. The highest BCUT2D eigenvalue weighted by Gasteiger charge is 2.08. The maximum absolute atomic E-state index is 5.61. The van der Waals surface area contributed by atoms with Crippen molar-refractivity contribution in [3.8, 4) is 6.01 Å². The molecule has 0 amide bonds. The van der Waals surface area contributed by atoms with Crippen LogP contribution in [-0.2, 0) is 0 Å². The van der Waals surface area contributed by atoms with E-state index in [1.165, 1.54) is 11.8 Å². The fraction of sp³-hybridized carbons (Fsp3) is 0.364. The smallest absolute Gasteiger partial charge is 0.322 e. The summed E-state index contributed by atoms with van der Waals surface area (Å²) in [5.74, 6) is 0.121. The number of anilines is 1. The van der Waals surface area contributed by atoms with Gasteiger partial charge < -0.3 is 10.5 Å². The van der Waals surface area contributed by atoms with Crippen molar-refractivity contribution >= 4 is 17.7 Å². The summed E-state index contributed by atoms with van der Waals surface area (Å²) in [4.78, 5) is 20.4. The monoisotopic (exact) mass is 278 g/mol. The maximum Gasteiger partial charge on any atom is 0.322 e. The van der Waals surface area contributed by atoms with Gasteiger partial charge in [-0.15, -0.1) is 0 Å². The normalized spacial score (nSPS) is 10.4. The number of nitrogens with zero attached hydrogens (tertiary/aromatic N) is 5. The molecule has 0 spiro atoms. The van der Waals surface area contributed by atoms with Crippen LogP contribution in [0.3, 0.4) is 0 Å². The van der Waals surface area contributed by atoms with E-state index >= 15 is 0 Å². The third-order valence-electron chi connectivity index (χ3n) is 1.99. The van der Waals surface area contributed by atoms with Gasteiger partial charge in [0.15, 0.2) is 5.16 Å². The Hall–Kier alpha value is -1.96.